The summed E-state index contributed by atoms with van der Waals surface area (Å²) in [6, 6.07) is 7.31. The number of para-hydroxylation sites is 1. The molecule has 2 nitrogen and oxygen atoms in total. The van der Waals surface area contributed by atoms with E-state index in [1.807, 2.05) is 37.3 Å². The molecule has 0 bridgehead atoms. The molecule has 0 N–H and O–H groups in total. The van der Waals surface area contributed by atoms with Crippen LogP contribution in [0.3, 0.4) is 0 Å². The van der Waals surface area contributed by atoms with Crippen molar-refractivity contribution >= 4 is 22.7 Å². The molecule has 0 saturated heterocycles. The summed E-state index contributed by atoms with van der Waals surface area (Å²) < 4.78 is 5.83. The average molecular weight is 298 g/mol. The molecule has 1 aromatic carbocycles. The van der Waals surface area contributed by atoms with Crippen LogP contribution < -0.4 is 5.43 Å². The number of thioether (sulfide) groups is 1. The molecule has 2 rings (SSSR count). The van der Waals surface area contributed by atoms with Gasteiger partial charge < -0.3 is 4.42 Å². The Morgan fingerprint density at radius 1 is 1.29 bits per heavy atom. The van der Waals surface area contributed by atoms with Crippen LogP contribution in [-0.4, -0.2) is 5.75 Å². The van der Waals surface area contributed by atoms with E-state index in [9.17, 15) is 4.79 Å². The van der Waals surface area contributed by atoms with E-state index in [0.717, 1.165) is 11.1 Å². The van der Waals surface area contributed by atoms with Crippen molar-refractivity contribution in [1.29, 1.82) is 0 Å². The quantitative estimate of drug-likeness (QED) is 0.582. The third-order valence-electron chi connectivity index (χ3n) is 2.97. The lowest BCUT2D eigenvalue weighted by atomic mass is 10.2. The maximum atomic E-state index is 12.3. The van der Waals surface area contributed by atoms with Gasteiger partial charge in [0.1, 0.15) is 5.58 Å². The summed E-state index contributed by atoms with van der Waals surface area (Å²) in [7, 11) is 0. The Balaban J connectivity index is 2.23. The van der Waals surface area contributed by atoms with E-state index in [0.29, 0.717) is 27.4 Å². The van der Waals surface area contributed by atoms with Crippen molar-refractivity contribution in [3.63, 3.8) is 0 Å². The molecule has 0 aliphatic rings. The molecule has 0 unspecified atom stereocenters. The van der Waals surface area contributed by atoms with E-state index in [1.54, 1.807) is 13.0 Å². The number of fused-ring (bicyclic) bond motifs is 1. The van der Waals surface area contributed by atoms with Crippen molar-refractivity contribution in [1.82, 2.24) is 0 Å². The first kappa shape index (κ1) is 15.4. The van der Waals surface area contributed by atoms with Gasteiger partial charge in [-0.25, -0.2) is 0 Å². The fourth-order valence-corrected chi connectivity index (χ4v) is 2.69. The van der Waals surface area contributed by atoms with Crippen LogP contribution in [0.1, 0.15) is 12.5 Å². The molecule has 1 aromatic heterocycles. The van der Waals surface area contributed by atoms with Gasteiger partial charge in [-0.05, 0) is 31.6 Å². The van der Waals surface area contributed by atoms with Crippen molar-refractivity contribution in [2.75, 3.05) is 5.75 Å². The lowest BCUT2D eigenvalue weighted by molar-refractivity contribution is 0.492. The third-order valence-corrected chi connectivity index (χ3v) is 4.14. The smallest absolute Gasteiger partial charge is 0.196 e. The lowest BCUT2D eigenvalue weighted by Crippen LogP contribution is -2.06. The van der Waals surface area contributed by atoms with E-state index in [4.69, 9.17) is 4.42 Å². The SMILES string of the molecule is C=C(C)/C=C\C(=C)CSc1oc2ccccc2c(=O)c1C. The van der Waals surface area contributed by atoms with E-state index < -0.39 is 0 Å². The summed E-state index contributed by atoms with van der Waals surface area (Å²) in [6.45, 7) is 11.5. The zero-order valence-corrected chi connectivity index (χ0v) is 13.1. The molecule has 0 saturated carbocycles. The molecule has 0 fully saturated rings. The van der Waals surface area contributed by atoms with Crippen LogP contribution in [0.4, 0.5) is 0 Å². The second-order valence-corrected chi connectivity index (χ2v) is 5.91. The van der Waals surface area contributed by atoms with Crippen molar-refractivity contribution in [2.24, 2.45) is 0 Å². The second-order valence-electron chi connectivity index (χ2n) is 4.97. The summed E-state index contributed by atoms with van der Waals surface area (Å²) in [5.41, 5.74) is 3.24. The number of benzene rings is 1. The second kappa shape index (κ2) is 6.64. The summed E-state index contributed by atoms with van der Waals surface area (Å²) in [5, 5.41) is 1.28. The molecule has 0 atom stereocenters. The fourth-order valence-electron chi connectivity index (χ4n) is 1.82. The normalized spacial score (nSPS) is 11.1. The van der Waals surface area contributed by atoms with Gasteiger partial charge in [-0.3, -0.25) is 4.79 Å². The van der Waals surface area contributed by atoms with Gasteiger partial charge in [0.2, 0.25) is 0 Å². The average Bonchev–Trinajstić information content (AvgIpc) is 2.47. The molecule has 108 valence electrons. The highest BCUT2D eigenvalue weighted by Crippen LogP contribution is 2.26. The predicted molar refractivity (Wildman–Crippen MR) is 91.0 cm³/mol. The highest BCUT2D eigenvalue weighted by atomic mass is 32.2. The number of hydrogen-bond acceptors (Lipinski definition) is 3. The number of rotatable bonds is 5. The van der Waals surface area contributed by atoms with E-state index in [2.05, 4.69) is 13.2 Å². The Kier molecular flexibility index (Phi) is 4.86. The Labute approximate surface area is 128 Å². The van der Waals surface area contributed by atoms with Gasteiger partial charge in [0.05, 0.1) is 5.39 Å². The summed E-state index contributed by atoms with van der Waals surface area (Å²) in [4.78, 5) is 12.3. The Bertz CT molecular complexity index is 781. The molecule has 21 heavy (non-hydrogen) atoms. The summed E-state index contributed by atoms with van der Waals surface area (Å²) in [5.74, 6) is 0.673. The van der Waals surface area contributed by atoms with Gasteiger partial charge in [-0.15, -0.1) is 0 Å². The monoisotopic (exact) mass is 298 g/mol. The maximum Gasteiger partial charge on any atom is 0.196 e. The first-order valence-electron chi connectivity index (χ1n) is 6.65. The minimum atomic E-state index is 0.0300. The van der Waals surface area contributed by atoms with Crippen molar-refractivity contribution in [2.45, 2.75) is 18.9 Å². The van der Waals surface area contributed by atoms with Crippen molar-refractivity contribution < 1.29 is 4.42 Å². The zero-order valence-electron chi connectivity index (χ0n) is 12.3. The van der Waals surface area contributed by atoms with Crippen LogP contribution in [-0.2, 0) is 0 Å². The molecule has 2 aromatic rings. The first-order chi connectivity index (χ1) is 9.99. The van der Waals surface area contributed by atoms with Gasteiger partial charge in [-0.2, -0.15) is 0 Å². The molecule has 0 amide bonds. The summed E-state index contributed by atoms with van der Waals surface area (Å²) in [6.07, 6.45) is 3.86. The Hall–Kier alpha value is -2.00. The van der Waals surface area contributed by atoms with Gasteiger partial charge in [-0.1, -0.05) is 54.8 Å². The Morgan fingerprint density at radius 2 is 2.00 bits per heavy atom. The number of allylic oxidation sites excluding steroid dienone is 3. The van der Waals surface area contributed by atoms with Crippen LogP contribution in [0.15, 0.2) is 75.0 Å². The van der Waals surface area contributed by atoms with Crippen LogP contribution in [0.25, 0.3) is 11.0 Å². The molecule has 1 heterocycles. The van der Waals surface area contributed by atoms with Crippen LogP contribution in [0.2, 0.25) is 0 Å². The predicted octanol–water partition coefficient (Wildman–Crippen LogP) is 4.88. The zero-order chi connectivity index (χ0) is 15.4. The molecule has 3 heteroatoms. The van der Waals surface area contributed by atoms with Gasteiger partial charge in [0.15, 0.2) is 10.5 Å². The number of hydrogen-bond donors (Lipinski definition) is 0. The van der Waals surface area contributed by atoms with E-state index >= 15 is 0 Å². The molecule has 0 aliphatic carbocycles. The van der Waals surface area contributed by atoms with Gasteiger partial charge in [0.25, 0.3) is 0 Å². The van der Waals surface area contributed by atoms with E-state index in [-0.39, 0.29) is 5.43 Å². The maximum absolute atomic E-state index is 12.3. The standard InChI is InChI=1S/C18H18O2S/c1-12(2)9-10-13(3)11-21-18-14(4)17(19)15-7-5-6-8-16(15)20-18/h5-10H,1,3,11H2,2,4H3/b10-9-. The minimum absolute atomic E-state index is 0.0300. The van der Waals surface area contributed by atoms with Crippen LogP contribution >= 0.6 is 11.8 Å². The lowest BCUT2D eigenvalue weighted by Gasteiger charge is -2.06. The third kappa shape index (κ3) is 3.76. The van der Waals surface area contributed by atoms with E-state index in [1.165, 1.54) is 11.8 Å². The molecule has 0 radical (unpaired) electrons. The molecule has 0 spiro atoms. The largest absolute Gasteiger partial charge is 0.449 e. The fraction of sp³-hybridized carbons (Fsp3) is 0.167. The summed E-state index contributed by atoms with van der Waals surface area (Å²) >= 11 is 1.49. The van der Waals surface area contributed by atoms with Gasteiger partial charge >= 0.3 is 0 Å². The molecule has 0 aliphatic heterocycles. The molecular weight excluding hydrogens is 280 g/mol. The minimum Gasteiger partial charge on any atom is -0.449 e. The topological polar surface area (TPSA) is 30.2 Å². The van der Waals surface area contributed by atoms with Crippen LogP contribution in [0, 0.1) is 6.92 Å². The highest BCUT2D eigenvalue weighted by molar-refractivity contribution is 7.99. The Morgan fingerprint density at radius 3 is 2.71 bits per heavy atom. The van der Waals surface area contributed by atoms with Crippen molar-refractivity contribution in [3.05, 3.63) is 76.5 Å². The van der Waals surface area contributed by atoms with Crippen molar-refractivity contribution in [3.8, 4) is 0 Å². The highest BCUT2D eigenvalue weighted by Gasteiger charge is 2.10. The van der Waals surface area contributed by atoms with Gasteiger partial charge in [0, 0.05) is 11.3 Å². The first-order valence-corrected chi connectivity index (χ1v) is 7.64. The van der Waals surface area contributed by atoms with Crippen LogP contribution in [0.5, 0.6) is 0 Å². The molecular formula is C18H18O2S.